The number of phosphoric acid groups is 3. The minimum absolute atomic E-state index is 0.00892. The van der Waals surface area contributed by atoms with E-state index < -0.39 is 118 Å². The zero-order chi connectivity index (χ0) is 47.7. The first-order chi connectivity index (χ1) is 29.7. The van der Waals surface area contributed by atoms with E-state index in [0.29, 0.717) is 5.56 Å². The predicted octanol–water partition coefficient (Wildman–Crippen LogP) is -1.46. The SMILES string of the molecule is CC(C)(COP(=O)(O)OP(=O)(O)OCC1OC(n2cnc3c(N)ncnc32)C(O)C1OP(=O)(O)O)C(O)C(=O)NCCC(=O)NCCSC(=O)C(N)COS(=O)(=O)Cc1ccccc1. The molecule has 1 aliphatic rings. The smallest absolute Gasteiger partial charge is 0.386 e. The van der Waals surface area contributed by atoms with Gasteiger partial charge >= 0.3 is 23.5 Å². The average molecular weight is 1010 g/mol. The Kier molecular flexibility index (Phi) is 18.7. The van der Waals surface area contributed by atoms with Gasteiger partial charge in [0.1, 0.15) is 42.0 Å². The first-order valence-electron chi connectivity index (χ1n) is 18.4. The van der Waals surface area contributed by atoms with Crippen molar-refractivity contribution in [2.24, 2.45) is 11.1 Å². The van der Waals surface area contributed by atoms with E-state index in [2.05, 4.69) is 34.4 Å². The predicted molar refractivity (Wildman–Crippen MR) is 220 cm³/mol. The van der Waals surface area contributed by atoms with Crippen LogP contribution in [-0.2, 0) is 70.8 Å². The van der Waals surface area contributed by atoms with Crippen molar-refractivity contribution in [2.45, 2.75) is 62.7 Å². The summed E-state index contributed by atoms with van der Waals surface area (Å²) in [4.78, 5) is 88.2. The molecule has 8 unspecified atom stereocenters. The molecule has 1 fully saturated rings. The van der Waals surface area contributed by atoms with Gasteiger partial charge in [0.25, 0.3) is 10.1 Å². The number of nitrogen functional groups attached to an aromatic ring is 1. The number of fused-ring (bicyclic) bond motifs is 1. The Morgan fingerprint density at radius 1 is 1.02 bits per heavy atom. The largest absolute Gasteiger partial charge is 0.481 e. The molecular formula is C31H47N8O20P3S2. The second-order valence-electron chi connectivity index (χ2n) is 14.3. The molecular weight excluding hydrogens is 961 g/mol. The number of anilines is 1. The number of imidazole rings is 1. The fourth-order valence-corrected chi connectivity index (χ4v) is 10.0. The second kappa shape index (κ2) is 22.4. The van der Waals surface area contributed by atoms with Crippen molar-refractivity contribution in [2.75, 3.05) is 44.4 Å². The van der Waals surface area contributed by atoms with Gasteiger partial charge in [-0.25, -0.2) is 28.6 Å². The zero-order valence-corrected chi connectivity index (χ0v) is 38.0. The molecule has 4 rings (SSSR count). The number of nitrogens with one attached hydrogen (secondary N) is 2. The Bertz CT molecular complexity index is 2360. The summed E-state index contributed by atoms with van der Waals surface area (Å²) in [7, 11) is -20.5. The molecule has 358 valence electrons. The van der Waals surface area contributed by atoms with Gasteiger partial charge in [-0.2, -0.15) is 12.7 Å². The van der Waals surface area contributed by atoms with Crippen LogP contribution < -0.4 is 22.1 Å². The maximum Gasteiger partial charge on any atom is 0.481 e. The van der Waals surface area contributed by atoms with Gasteiger partial charge in [-0.05, 0) is 5.56 Å². The van der Waals surface area contributed by atoms with Crippen molar-refractivity contribution in [3.05, 3.63) is 48.5 Å². The minimum Gasteiger partial charge on any atom is -0.386 e. The number of hydrogen-bond acceptors (Lipinski definition) is 22. The number of amides is 2. The fraction of sp³-hybridized carbons (Fsp3) is 0.548. The molecule has 33 heteroatoms. The van der Waals surface area contributed by atoms with Gasteiger partial charge in [0.2, 0.25) is 16.9 Å². The number of aliphatic hydroxyl groups excluding tert-OH is 2. The van der Waals surface area contributed by atoms with Crippen LogP contribution in [0.5, 0.6) is 0 Å². The molecule has 0 radical (unpaired) electrons. The summed E-state index contributed by atoms with van der Waals surface area (Å²) in [5, 5.41) is 25.7. The van der Waals surface area contributed by atoms with Gasteiger partial charge in [0, 0.05) is 30.7 Å². The molecule has 12 N–H and O–H groups in total. The summed E-state index contributed by atoms with van der Waals surface area (Å²) in [6.07, 6.45) is -7.22. The average Bonchev–Trinajstić information content (AvgIpc) is 3.76. The number of hydrogen-bond donors (Lipinski definition) is 10. The van der Waals surface area contributed by atoms with Crippen LogP contribution in [0, 0.1) is 5.41 Å². The number of carbonyl (C=O) groups excluding carboxylic acids is 3. The van der Waals surface area contributed by atoms with E-state index in [4.69, 9.17) is 29.4 Å². The Hall–Kier alpha value is -3.35. The maximum atomic E-state index is 12.7. The molecule has 2 amide bonds. The van der Waals surface area contributed by atoms with E-state index in [1.165, 1.54) is 13.8 Å². The van der Waals surface area contributed by atoms with Crippen LogP contribution in [0.3, 0.4) is 0 Å². The van der Waals surface area contributed by atoms with E-state index in [1.807, 2.05) is 0 Å². The van der Waals surface area contributed by atoms with Crippen LogP contribution in [0.1, 0.15) is 32.1 Å². The standard InChI is InChI=1S/C31H47N8O20P3S2/c1-31(2,25(42)28(43)35-9-8-21(40)34-10-11-63-30(44)19(32)12-56-64(52,53)14-18-6-4-3-5-7-18)15-55-62(50,51)59-61(48,49)54-13-20-24(58-60(45,46)47)23(41)29(57-20)39-17-38-22-26(33)36-16-37-27(22)39/h3-7,16-17,19-20,23-25,29,41-42H,8-15,32H2,1-2H3,(H,34,40)(H,35,43)(H,48,49)(H,50,51)(H2,33,36,37)(H2,45,46,47). The number of nitrogens with zero attached hydrogens (tertiary/aromatic N) is 4. The molecule has 0 aliphatic carbocycles. The monoisotopic (exact) mass is 1010 g/mol. The number of nitrogens with two attached hydrogens (primary N) is 2. The van der Waals surface area contributed by atoms with Crippen LogP contribution in [0.2, 0.25) is 0 Å². The Morgan fingerprint density at radius 3 is 2.36 bits per heavy atom. The highest BCUT2D eigenvalue weighted by Gasteiger charge is 2.50. The summed E-state index contributed by atoms with van der Waals surface area (Å²) >= 11 is 0.733. The van der Waals surface area contributed by atoms with Crippen molar-refractivity contribution in [3.8, 4) is 0 Å². The highest BCUT2D eigenvalue weighted by Crippen LogP contribution is 2.61. The molecule has 8 atom stereocenters. The molecule has 1 saturated heterocycles. The number of aliphatic hydroxyl groups is 2. The maximum absolute atomic E-state index is 12.7. The highest BCUT2D eigenvalue weighted by atomic mass is 32.2. The molecule has 0 bridgehead atoms. The Morgan fingerprint density at radius 2 is 1.69 bits per heavy atom. The lowest BCUT2D eigenvalue weighted by molar-refractivity contribution is -0.137. The molecule has 3 aromatic rings. The second-order valence-corrected chi connectivity index (χ2v) is 21.3. The van der Waals surface area contributed by atoms with E-state index in [-0.39, 0.29) is 42.2 Å². The molecule has 1 aliphatic heterocycles. The van der Waals surface area contributed by atoms with E-state index in [9.17, 15) is 66.3 Å². The highest BCUT2D eigenvalue weighted by molar-refractivity contribution is 8.13. The van der Waals surface area contributed by atoms with E-state index >= 15 is 0 Å². The number of thioether (sulfide) groups is 1. The number of rotatable bonds is 25. The van der Waals surface area contributed by atoms with Gasteiger partial charge < -0.3 is 56.6 Å². The van der Waals surface area contributed by atoms with Crippen molar-refractivity contribution < 1.29 is 93.1 Å². The van der Waals surface area contributed by atoms with Crippen molar-refractivity contribution in [1.82, 2.24) is 30.2 Å². The first-order valence-corrected chi connectivity index (χ1v) is 25.5. The Labute approximate surface area is 368 Å². The zero-order valence-electron chi connectivity index (χ0n) is 33.7. The lowest BCUT2D eigenvalue weighted by atomic mass is 9.87. The molecule has 0 spiro atoms. The summed E-state index contributed by atoms with van der Waals surface area (Å²) in [5.74, 6) is -2.00. The molecule has 0 saturated carbocycles. The summed E-state index contributed by atoms with van der Waals surface area (Å²) in [6.45, 7) is -0.547. The third kappa shape index (κ3) is 16.2. The fourth-order valence-electron chi connectivity index (χ4n) is 5.45. The van der Waals surface area contributed by atoms with E-state index in [1.54, 1.807) is 30.3 Å². The lowest BCUT2D eigenvalue weighted by Crippen LogP contribution is -2.46. The number of benzene rings is 1. The normalized spacial score (nSPS) is 21.1. The number of phosphoric ester groups is 3. The molecule has 3 heterocycles. The number of carbonyl (C=O) groups is 3. The van der Waals surface area contributed by atoms with Crippen molar-refractivity contribution in [1.29, 1.82) is 0 Å². The third-order valence-electron chi connectivity index (χ3n) is 8.66. The first kappa shape index (κ1) is 53.3. The molecule has 64 heavy (non-hydrogen) atoms. The van der Waals surface area contributed by atoms with Crippen LogP contribution in [0.15, 0.2) is 43.0 Å². The van der Waals surface area contributed by atoms with Crippen molar-refractivity contribution in [3.63, 3.8) is 0 Å². The number of aromatic nitrogens is 4. The quantitative estimate of drug-likeness (QED) is 0.0263. The van der Waals surface area contributed by atoms with Crippen LogP contribution >= 0.6 is 35.2 Å². The van der Waals surface area contributed by atoms with Crippen LogP contribution in [0.4, 0.5) is 5.82 Å². The van der Waals surface area contributed by atoms with E-state index in [0.717, 1.165) is 29.0 Å². The summed E-state index contributed by atoms with van der Waals surface area (Å²) in [6, 6.07) is 6.98. The minimum atomic E-state index is -5.61. The van der Waals surface area contributed by atoms with Gasteiger partial charge in [0.15, 0.2) is 17.7 Å². The third-order valence-corrected chi connectivity index (χ3v) is 13.9. The van der Waals surface area contributed by atoms with Crippen molar-refractivity contribution >= 4 is 79.3 Å². The topological polar surface area (TPSA) is 433 Å². The van der Waals surface area contributed by atoms with Crippen LogP contribution in [-0.4, -0.2) is 144 Å². The summed E-state index contributed by atoms with van der Waals surface area (Å²) < 4.78 is 91.4. The van der Waals surface area contributed by atoms with Gasteiger partial charge in [-0.3, -0.25) is 36.7 Å². The molecule has 1 aromatic carbocycles. The number of ether oxygens (including phenoxy) is 1. The lowest BCUT2D eigenvalue weighted by Gasteiger charge is -2.30. The molecule has 28 nitrogen and oxygen atoms in total. The van der Waals surface area contributed by atoms with Crippen LogP contribution in [0.25, 0.3) is 11.2 Å². The molecule has 2 aromatic heterocycles. The Balaban J connectivity index is 1.17. The van der Waals surface area contributed by atoms with Gasteiger partial charge in [-0.1, -0.05) is 55.9 Å². The van der Waals surface area contributed by atoms with Gasteiger partial charge in [0.05, 0.1) is 32.2 Å². The summed E-state index contributed by atoms with van der Waals surface area (Å²) in [5.41, 5.74) is 10.4. The van der Waals surface area contributed by atoms with Gasteiger partial charge in [-0.15, -0.1) is 0 Å².